The molecular weight excluding hydrogens is 269 g/mol. The quantitative estimate of drug-likeness (QED) is 0.844. The van der Waals surface area contributed by atoms with Crippen LogP contribution in [0.5, 0.6) is 0 Å². The Labute approximate surface area is 119 Å². The van der Waals surface area contributed by atoms with Gasteiger partial charge in [0.05, 0.1) is 16.4 Å². The van der Waals surface area contributed by atoms with E-state index in [0.717, 1.165) is 48.8 Å². The van der Waals surface area contributed by atoms with Gasteiger partial charge in [-0.2, -0.15) is 5.10 Å². The lowest BCUT2D eigenvalue weighted by molar-refractivity contribution is 0.482. The highest BCUT2D eigenvalue weighted by Gasteiger charge is 2.22. The molecule has 0 aliphatic heterocycles. The van der Waals surface area contributed by atoms with E-state index in [1.165, 1.54) is 6.42 Å². The molecule has 1 aliphatic rings. The molecule has 1 fully saturated rings. The number of alkyl halides is 1. The predicted molar refractivity (Wildman–Crippen MR) is 76.3 cm³/mol. The van der Waals surface area contributed by atoms with Crippen LogP contribution < -0.4 is 5.32 Å². The van der Waals surface area contributed by atoms with Gasteiger partial charge in [-0.15, -0.1) is 11.6 Å². The van der Waals surface area contributed by atoms with Crippen molar-refractivity contribution >= 4 is 23.2 Å². The van der Waals surface area contributed by atoms with Crippen LogP contribution in [0.25, 0.3) is 0 Å². The first-order valence-corrected chi connectivity index (χ1v) is 7.48. The van der Waals surface area contributed by atoms with Gasteiger partial charge in [-0.3, -0.25) is 4.68 Å². The predicted octanol–water partition coefficient (Wildman–Crippen LogP) is 3.13. The maximum absolute atomic E-state index is 6.30. The average molecular weight is 290 g/mol. The van der Waals surface area contributed by atoms with Gasteiger partial charge in [0.2, 0.25) is 0 Å². The van der Waals surface area contributed by atoms with Crippen molar-refractivity contribution in [3.8, 4) is 0 Å². The zero-order valence-corrected chi connectivity index (χ0v) is 12.6. The molecule has 0 aromatic carbocycles. The number of hydrogen-bond donors (Lipinski definition) is 1. The van der Waals surface area contributed by atoms with Crippen molar-refractivity contribution in [1.82, 2.24) is 15.1 Å². The number of nitrogens with zero attached hydrogens (tertiary/aromatic N) is 2. The Balaban J connectivity index is 1.85. The van der Waals surface area contributed by atoms with E-state index in [4.69, 9.17) is 23.2 Å². The van der Waals surface area contributed by atoms with Crippen LogP contribution >= 0.6 is 23.2 Å². The largest absolute Gasteiger partial charge is 0.311 e. The van der Waals surface area contributed by atoms with Crippen molar-refractivity contribution in [2.75, 3.05) is 6.54 Å². The minimum absolute atomic E-state index is 0.379. The number of nitrogens with one attached hydrogen (secondary N) is 1. The van der Waals surface area contributed by atoms with Gasteiger partial charge in [-0.05, 0) is 38.1 Å². The summed E-state index contributed by atoms with van der Waals surface area (Å²) < 4.78 is 1.88. The molecule has 0 spiro atoms. The van der Waals surface area contributed by atoms with Crippen molar-refractivity contribution in [1.29, 1.82) is 0 Å². The van der Waals surface area contributed by atoms with Gasteiger partial charge in [-0.1, -0.05) is 18.5 Å². The molecule has 5 heteroatoms. The zero-order chi connectivity index (χ0) is 13.1. The first kappa shape index (κ1) is 14.2. The molecule has 1 aliphatic carbocycles. The molecule has 1 N–H and O–H groups in total. The van der Waals surface area contributed by atoms with Gasteiger partial charge in [-0.25, -0.2) is 0 Å². The summed E-state index contributed by atoms with van der Waals surface area (Å²) in [5.41, 5.74) is 2.06. The van der Waals surface area contributed by atoms with Crippen LogP contribution in [0, 0.1) is 5.92 Å². The fraction of sp³-hybridized carbons (Fsp3) is 0.769. The summed E-state index contributed by atoms with van der Waals surface area (Å²) in [5.74, 6) is 0.713. The van der Waals surface area contributed by atoms with Crippen LogP contribution in [0.4, 0.5) is 0 Å². The second-order valence-electron chi connectivity index (χ2n) is 5.09. The third-order valence-corrected chi connectivity index (χ3v) is 4.54. The molecule has 1 aromatic heterocycles. The third-order valence-electron chi connectivity index (χ3n) is 3.71. The second kappa shape index (κ2) is 6.27. The molecule has 1 aromatic rings. The second-order valence-corrected chi connectivity index (χ2v) is 6.09. The monoisotopic (exact) mass is 289 g/mol. The highest BCUT2D eigenvalue weighted by molar-refractivity contribution is 6.31. The molecule has 2 unspecified atom stereocenters. The Morgan fingerprint density at radius 3 is 2.78 bits per heavy atom. The van der Waals surface area contributed by atoms with Gasteiger partial charge in [0.15, 0.2) is 0 Å². The molecule has 0 radical (unpaired) electrons. The molecule has 2 atom stereocenters. The summed E-state index contributed by atoms with van der Waals surface area (Å²) >= 11 is 12.4. The van der Waals surface area contributed by atoms with Crippen LogP contribution in [-0.4, -0.2) is 21.7 Å². The minimum atomic E-state index is 0.379. The first-order chi connectivity index (χ1) is 8.61. The minimum Gasteiger partial charge on any atom is -0.311 e. The molecule has 102 valence electrons. The molecular formula is C13H21Cl2N3. The van der Waals surface area contributed by atoms with Gasteiger partial charge in [0, 0.05) is 19.0 Å². The van der Waals surface area contributed by atoms with Crippen molar-refractivity contribution in [3.05, 3.63) is 16.4 Å². The SMILES string of the molecule is CCc1nn(C)c(CNCC2CCC(Cl)C2)c1Cl. The molecule has 18 heavy (non-hydrogen) atoms. The highest BCUT2D eigenvalue weighted by atomic mass is 35.5. The lowest BCUT2D eigenvalue weighted by Gasteiger charge is -2.11. The summed E-state index contributed by atoms with van der Waals surface area (Å²) in [7, 11) is 1.95. The molecule has 2 rings (SSSR count). The van der Waals surface area contributed by atoms with Crippen molar-refractivity contribution in [2.45, 2.75) is 44.5 Å². The van der Waals surface area contributed by atoms with Crippen LogP contribution in [0.15, 0.2) is 0 Å². The molecule has 0 saturated heterocycles. The van der Waals surface area contributed by atoms with Crippen LogP contribution in [-0.2, 0) is 20.0 Å². The van der Waals surface area contributed by atoms with E-state index >= 15 is 0 Å². The van der Waals surface area contributed by atoms with Crippen molar-refractivity contribution in [2.24, 2.45) is 13.0 Å². The first-order valence-electron chi connectivity index (χ1n) is 6.66. The molecule has 3 nitrogen and oxygen atoms in total. The smallest absolute Gasteiger partial charge is 0.0863 e. The van der Waals surface area contributed by atoms with E-state index in [0.29, 0.717) is 11.3 Å². The van der Waals surface area contributed by atoms with Crippen molar-refractivity contribution in [3.63, 3.8) is 0 Å². The van der Waals surface area contributed by atoms with Gasteiger partial charge in [0.25, 0.3) is 0 Å². The Hall–Kier alpha value is -0.250. The lowest BCUT2D eigenvalue weighted by atomic mass is 10.1. The van der Waals surface area contributed by atoms with Crippen LogP contribution in [0.3, 0.4) is 0 Å². The van der Waals surface area contributed by atoms with Gasteiger partial charge < -0.3 is 5.32 Å². The van der Waals surface area contributed by atoms with Crippen molar-refractivity contribution < 1.29 is 0 Å². The number of aromatic nitrogens is 2. The third kappa shape index (κ3) is 3.19. The summed E-state index contributed by atoms with van der Waals surface area (Å²) in [4.78, 5) is 0. The highest BCUT2D eigenvalue weighted by Crippen LogP contribution is 2.29. The Kier molecular flexibility index (Phi) is 4.93. The van der Waals surface area contributed by atoms with E-state index in [9.17, 15) is 0 Å². The van der Waals surface area contributed by atoms with E-state index < -0.39 is 0 Å². The summed E-state index contributed by atoms with van der Waals surface area (Å²) in [6.07, 6.45) is 4.40. The number of halogens is 2. The summed E-state index contributed by atoms with van der Waals surface area (Å²) in [6.45, 7) is 3.88. The fourth-order valence-electron chi connectivity index (χ4n) is 2.61. The zero-order valence-electron chi connectivity index (χ0n) is 11.0. The fourth-order valence-corrected chi connectivity index (χ4v) is 3.34. The molecule has 1 heterocycles. The topological polar surface area (TPSA) is 29.9 Å². The molecule has 0 amide bonds. The van der Waals surface area contributed by atoms with Crippen LogP contribution in [0.1, 0.15) is 37.6 Å². The van der Waals surface area contributed by atoms with E-state index in [1.807, 2.05) is 11.7 Å². The number of aryl methyl sites for hydroxylation is 2. The van der Waals surface area contributed by atoms with Crippen LogP contribution in [0.2, 0.25) is 5.02 Å². The Morgan fingerprint density at radius 1 is 1.44 bits per heavy atom. The maximum Gasteiger partial charge on any atom is 0.0863 e. The summed E-state index contributed by atoms with van der Waals surface area (Å²) in [6, 6.07) is 0. The van der Waals surface area contributed by atoms with Gasteiger partial charge >= 0.3 is 0 Å². The normalized spacial score (nSPS) is 23.8. The number of hydrogen-bond acceptors (Lipinski definition) is 2. The molecule has 0 bridgehead atoms. The van der Waals surface area contributed by atoms with E-state index in [-0.39, 0.29) is 0 Å². The van der Waals surface area contributed by atoms with E-state index in [2.05, 4.69) is 17.3 Å². The maximum atomic E-state index is 6.30. The van der Waals surface area contributed by atoms with E-state index in [1.54, 1.807) is 0 Å². The average Bonchev–Trinajstić information content (AvgIpc) is 2.86. The number of rotatable bonds is 5. The standard InChI is InChI=1S/C13H21Cl2N3/c1-3-11-13(15)12(18(2)17-11)8-16-7-9-4-5-10(14)6-9/h9-10,16H,3-8H2,1-2H3. The summed E-state index contributed by atoms with van der Waals surface area (Å²) in [5, 5.41) is 9.09. The Bertz CT molecular complexity index is 403. The molecule has 1 saturated carbocycles. The Morgan fingerprint density at radius 2 is 2.22 bits per heavy atom. The lowest BCUT2D eigenvalue weighted by Crippen LogP contribution is -2.22. The van der Waals surface area contributed by atoms with Gasteiger partial charge in [0.1, 0.15) is 0 Å².